The van der Waals surface area contributed by atoms with Gasteiger partial charge < -0.3 is 9.47 Å². The second kappa shape index (κ2) is 5.92. The monoisotopic (exact) mass is 284 g/mol. The zero-order valence-corrected chi connectivity index (χ0v) is 13.0. The molecule has 1 amide bonds. The summed E-state index contributed by atoms with van der Waals surface area (Å²) in [6.45, 7) is 6.03. The number of carbonyl (C=O) groups is 1. The largest absolute Gasteiger partial charge is 0.344 e. The number of benzene rings is 1. The zero-order chi connectivity index (χ0) is 14.8. The smallest absolute Gasteiger partial charge is 0.224 e. The lowest BCUT2D eigenvalue weighted by molar-refractivity contribution is -0.132. The topological polar surface area (TPSA) is 25.2 Å². The van der Waals surface area contributed by atoms with Crippen LogP contribution in [0, 0.1) is 6.92 Å². The number of aromatic nitrogens is 1. The van der Waals surface area contributed by atoms with Gasteiger partial charge in [0.05, 0.1) is 0 Å². The van der Waals surface area contributed by atoms with Crippen molar-refractivity contribution in [3.8, 4) is 0 Å². The number of likely N-dealkylation sites (tertiary alicyclic amines) is 1. The number of carbonyl (C=O) groups excluding carboxylic acids is 1. The Kier molecular flexibility index (Phi) is 4.00. The van der Waals surface area contributed by atoms with E-state index in [-0.39, 0.29) is 0 Å². The van der Waals surface area contributed by atoms with Gasteiger partial charge in [0.25, 0.3) is 0 Å². The SMILES string of the molecule is CC[C@H]1CCCN1C(=O)CCn1c(C)cc2ccccc21. The van der Waals surface area contributed by atoms with Crippen LogP contribution in [0.2, 0.25) is 0 Å². The summed E-state index contributed by atoms with van der Waals surface area (Å²) in [5, 5.41) is 1.26. The van der Waals surface area contributed by atoms with Crippen LogP contribution in [0.15, 0.2) is 30.3 Å². The van der Waals surface area contributed by atoms with E-state index in [0.29, 0.717) is 18.4 Å². The van der Waals surface area contributed by atoms with Gasteiger partial charge in [-0.3, -0.25) is 4.79 Å². The molecule has 2 aromatic rings. The molecule has 0 radical (unpaired) electrons. The van der Waals surface area contributed by atoms with E-state index >= 15 is 0 Å². The van der Waals surface area contributed by atoms with Gasteiger partial charge in [-0.25, -0.2) is 0 Å². The first-order valence-electron chi connectivity index (χ1n) is 8.05. The molecule has 112 valence electrons. The van der Waals surface area contributed by atoms with Gasteiger partial charge in [-0.15, -0.1) is 0 Å². The van der Waals surface area contributed by atoms with Crippen LogP contribution in [0.25, 0.3) is 10.9 Å². The van der Waals surface area contributed by atoms with E-state index in [4.69, 9.17) is 0 Å². The van der Waals surface area contributed by atoms with Gasteiger partial charge in [-0.2, -0.15) is 0 Å². The first-order valence-corrected chi connectivity index (χ1v) is 8.05. The molecule has 1 atom stereocenters. The fourth-order valence-electron chi connectivity index (χ4n) is 3.58. The van der Waals surface area contributed by atoms with Crippen LogP contribution in [0.1, 0.15) is 38.3 Å². The summed E-state index contributed by atoms with van der Waals surface area (Å²) in [7, 11) is 0. The van der Waals surface area contributed by atoms with Gasteiger partial charge in [0.2, 0.25) is 5.91 Å². The van der Waals surface area contributed by atoms with Gasteiger partial charge in [0.15, 0.2) is 0 Å². The van der Waals surface area contributed by atoms with Crippen LogP contribution < -0.4 is 0 Å². The van der Waals surface area contributed by atoms with Gasteiger partial charge in [-0.1, -0.05) is 25.1 Å². The Hall–Kier alpha value is -1.77. The molecule has 0 unspecified atom stereocenters. The maximum Gasteiger partial charge on any atom is 0.224 e. The van der Waals surface area contributed by atoms with Gasteiger partial charge in [0, 0.05) is 36.8 Å². The highest BCUT2D eigenvalue weighted by Crippen LogP contribution is 2.22. The standard InChI is InChI=1S/C18H24N2O/c1-3-16-8-6-11-20(16)18(21)10-12-19-14(2)13-15-7-4-5-9-17(15)19/h4-5,7,9,13,16H,3,6,8,10-12H2,1-2H3/t16-/m0/s1. The van der Waals surface area contributed by atoms with Crippen molar-refractivity contribution in [3.05, 3.63) is 36.0 Å². The molecular weight excluding hydrogens is 260 g/mol. The van der Waals surface area contributed by atoms with Gasteiger partial charge in [-0.05, 0) is 43.7 Å². The Morgan fingerprint density at radius 3 is 2.95 bits per heavy atom. The molecule has 3 rings (SSSR count). The predicted molar refractivity (Wildman–Crippen MR) is 86.3 cm³/mol. The summed E-state index contributed by atoms with van der Waals surface area (Å²) in [6.07, 6.45) is 4.02. The number of para-hydroxylation sites is 1. The summed E-state index contributed by atoms with van der Waals surface area (Å²) in [4.78, 5) is 14.6. The second-order valence-electron chi connectivity index (χ2n) is 6.04. The molecule has 0 aliphatic carbocycles. The third-order valence-corrected chi connectivity index (χ3v) is 4.74. The fraction of sp³-hybridized carbons (Fsp3) is 0.500. The average Bonchev–Trinajstić information content (AvgIpc) is 3.08. The number of fused-ring (bicyclic) bond motifs is 1. The number of hydrogen-bond donors (Lipinski definition) is 0. The van der Waals surface area contributed by atoms with Gasteiger partial charge in [0.1, 0.15) is 0 Å². The van der Waals surface area contributed by atoms with Crippen LogP contribution in [0.3, 0.4) is 0 Å². The Morgan fingerprint density at radius 1 is 1.33 bits per heavy atom. The molecule has 1 fully saturated rings. The van der Waals surface area contributed by atoms with Crippen LogP contribution >= 0.6 is 0 Å². The molecule has 0 spiro atoms. The van der Waals surface area contributed by atoms with Crippen molar-refractivity contribution in [3.63, 3.8) is 0 Å². The van der Waals surface area contributed by atoms with Crippen molar-refractivity contribution in [2.24, 2.45) is 0 Å². The summed E-state index contributed by atoms with van der Waals surface area (Å²) < 4.78 is 2.27. The molecule has 1 aliphatic rings. The molecule has 1 saturated heterocycles. The average molecular weight is 284 g/mol. The lowest BCUT2D eigenvalue weighted by Crippen LogP contribution is -2.35. The first kappa shape index (κ1) is 14.2. The molecular formula is C18H24N2O. The van der Waals surface area contributed by atoms with Gasteiger partial charge >= 0.3 is 0 Å². The zero-order valence-electron chi connectivity index (χ0n) is 13.0. The highest BCUT2D eigenvalue weighted by atomic mass is 16.2. The molecule has 1 aliphatic heterocycles. The second-order valence-corrected chi connectivity index (χ2v) is 6.04. The van der Waals surface area contributed by atoms with E-state index in [1.807, 2.05) is 0 Å². The number of rotatable bonds is 4. The molecule has 21 heavy (non-hydrogen) atoms. The minimum Gasteiger partial charge on any atom is -0.344 e. The number of hydrogen-bond acceptors (Lipinski definition) is 1. The summed E-state index contributed by atoms with van der Waals surface area (Å²) in [5.41, 5.74) is 2.47. The summed E-state index contributed by atoms with van der Waals surface area (Å²) >= 11 is 0. The molecule has 0 bridgehead atoms. The Morgan fingerprint density at radius 2 is 2.14 bits per heavy atom. The molecule has 3 nitrogen and oxygen atoms in total. The fourth-order valence-corrected chi connectivity index (χ4v) is 3.58. The minimum absolute atomic E-state index is 0.316. The maximum atomic E-state index is 12.5. The molecule has 0 saturated carbocycles. The van der Waals surface area contributed by atoms with Crippen LogP contribution in [-0.2, 0) is 11.3 Å². The lowest BCUT2D eigenvalue weighted by atomic mass is 10.1. The van der Waals surface area contributed by atoms with Crippen molar-refractivity contribution < 1.29 is 4.79 Å². The third kappa shape index (κ3) is 2.69. The molecule has 0 N–H and O–H groups in total. The van der Waals surface area contributed by atoms with E-state index in [9.17, 15) is 4.79 Å². The third-order valence-electron chi connectivity index (χ3n) is 4.74. The number of nitrogens with zero attached hydrogens (tertiary/aromatic N) is 2. The lowest BCUT2D eigenvalue weighted by Gasteiger charge is -2.24. The number of aryl methyl sites for hydroxylation is 2. The Balaban J connectivity index is 1.72. The minimum atomic E-state index is 0.316. The summed E-state index contributed by atoms with van der Waals surface area (Å²) in [6, 6.07) is 11.1. The van der Waals surface area contributed by atoms with E-state index in [0.717, 1.165) is 25.9 Å². The van der Waals surface area contributed by atoms with E-state index in [1.165, 1.54) is 23.0 Å². The van der Waals surface area contributed by atoms with Crippen molar-refractivity contribution in [1.82, 2.24) is 9.47 Å². The van der Waals surface area contributed by atoms with Crippen molar-refractivity contribution in [2.45, 2.75) is 52.1 Å². The van der Waals surface area contributed by atoms with E-state index < -0.39 is 0 Å². The molecule has 3 heteroatoms. The van der Waals surface area contributed by atoms with Crippen LogP contribution in [0.4, 0.5) is 0 Å². The highest BCUT2D eigenvalue weighted by Gasteiger charge is 2.26. The Labute approximate surface area is 126 Å². The Bertz CT molecular complexity index is 644. The first-order chi connectivity index (χ1) is 10.2. The highest BCUT2D eigenvalue weighted by molar-refractivity contribution is 5.82. The molecule has 1 aromatic carbocycles. The quantitative estimate of drug-likeness (QED) is 0.839. The van der Waals surface area contributed by atoms with E-state index in [2.05, 4.69) is 53.6 Å². The summed E-state index contributed by atoms with van der Waals surface area (Å²) in [5.74, 6) is 0.316. The number of amides is 1. The molecule has 2 heterocycles. The van der Waals surface area contributed by atoms with Crippen molar-refractivity contribution in [1.29, 1.82) is 0 Å². The van der Waals surface area contributed by atoms with Crippen molar-refractivity contribution in [2.75, 3.05) is 6.54 Å². The normalized spacial score (nSPS) is 18.6. The maximum absolute atomic E-state index is 12.5. The molecule has 1 aromatic heterocycles. The van der Waals surface area contributed by atoms with E-state index in [1.54, 1.807) is 0 Å². The predicted octanol–water partition coefficient (Wildman–Crippen LogP) is 3.74. The van der Waals surface area contributed by atoms with Crippen molar-refractivity contribution >= 4 is 16.8 Å². The van der Waals surface area contributed by atoms with Crippen LogP contribution in [-0.4, -0.2) is 28.0 Å². The van der Waals surface area contributed by atoms with Crippen LogP contribution in [0.5, 0.6) is 0 Å².